The predicted octanol–water partition coefficient (Wildman–Crippen LogP) is 1.27. The Hall–Kier alpha value is -0.0800. The Kier molecular flexibility index (Phi) is 3.91. The molecule has 2 nitrogen and oxygen atoms in total. The molecule has 0 aliphatic carbocycles. The van der Waals surface area contributed by atoms with Crippen LogP contribution in [0, 0.1) is 0 Å². The minimum absolute atomic E-state index is 0.0863. The lowest BCUT2D eigenvalue weighted by molar-refractivity contribution is 0.169. The molecule has 0 aliphatic rings. The van der Waals surface area contributed by atoms with Gasteiger partial charge in [-0.3, -0.25) is 0 Å². The first-order valence-electron chi connectivity index (χ1n) is 3.95. The molecule has 0 saturated carbocycles. The fraction of sp³-hybridized carbons (Fsp3) is 1.00. The van der Waals surface area contributed by atoms with Crippen LogP contribution in [0.2, 0.25) is 0 Å². The largest absolute Gasteiger partial charge is 0.393 e. The smallest absolute Gasteiger partial charge is 0.0512 e. The third kappa shape index (κ3) is 4.77. The molecule has 0 heterocycles. The van der Waals surface area contributed by atoms with Crippen LogP contribution in [-0.4, -0.2) is 16.7 Å². The lowest BCUT2D eigenvalue weighted by Crippen LogP contribution is -2.35. The Bertz CT molecular complexity index is 89.3. The number of rotatable bonds is 4. The highest BCUT2D eigenvalue weighted by atomic mass is 16.3. The summed E-state index contributed by atoms with van der Waals surface area (Å²) in [6.07, 6.45) is 2.47. The van der Waals surface area contributed by atoms with Crippen molar-refractivity contribution in [3.05, 3.63) is 0 Å². The molecule has 0 aromatic rings. The van der Waals surface area contributed by atoms with Gasteiger partial charge in [0.2, 0.25) is 0 Å². The van der Waals surface area contributed by atoms with Crippen LogP contribution in [-0.2, 0) is 0 Å². The van der Waals surface area contributed by atoms with Crippen molar-refractivity contribution in [2.45, 2.75) is 51.7 Å². The summed E-state index contributed by atoms with van der Waals surface area (Å²) in [6.45, 7) is 5.89. The van der Waals surface area contributed by atoms with E-state index < -0.39 is 0 Å². The van der Waals surface area contributed by atoms with Gasteiger partial charge in [0.25, 0.3) is 0 Å². The summed E-state index contributed by atoms with van der Waals surface area (Å²) >= 11 is 0. The summed E-state index contributed by atoms with van der Waals surface area (Å²) in [7, 11) is 0. The summed E-state index contributed by atoms with van der Waals surface area (Å²) < 4.78 is 0. The quantitative estimate of drug-likeness (QED) is 0.626. The standard InChI is InChI=1S/C8H19NO/c1-4-8(3,9)6-5-7(2)10/h7,10H,4-6,9H2,1-3H3. The summed E-state index contributed by atoms with van der Waals surface area (Å²) in [5.74, 6) is 0. The highest BCUT2D eigenvalue weighted by molar-refractivity contribution is 4.76. The van der Waals surface area contributed by atoms with Gasteiger partial charge < -0.3 is 10.8 Å². The van der Waals surface area contributed by atoms with Gasteiger partial charge in [-0.15, -0.1) is 0 Å². The molecule has 0 amide bonds. The second kappa shape index (κ2) is 3.94. The average molecular weight is 145 g/mol. The van der Waals surface area contributed by atoms with Gasteiger partial charge >= 0.3 is 0 Å². The minimum atomic E-state index is -0.213. The Morgan fingerprint density at radius 1 is 1.60 bits per heavy atom. The van der Waals surface area contributed by atoms with E-state index in [1.54, 1.807) is 6.92 Å². The number of hydrogen-bond acceptors (Lipinski definition) is 2. The van der Waals surface area contributed by atoms with Crippen molar-refractivity contribution in [3.63, 3.8) is 0 Å². The molecule has 0 rings (SSSR count). The number of hydrogen-bond donors (Lipinski definition) is 2. The molecule has 0 aliphatic heterocycles. The number of aliphatic hydroxyl groups excluding tert-OH is 1. The number of aliphatic hydroxyl groups is 1. The molecule has 3 N–H and O–H groups in total. The molecule has 10 heavy (non-hydrogen) atoms. The Balaban J connectivity index is 3.46. The monoisotopic (exact) mass is 145 g/mol. The fourth-order valence-electron chi connectivity index (χ4n) is 0.715. The van der Waals surface area contributed by atoms with Crippen LogP contribution in [0.15, 0.2) is 0 Å². The normalized spacial score (nSPS) is 20.1. The maximum atomic E-state index is 8.96. The van der Waals surface area contributed by atoms with E-state index in [0.29, 0.717) is 0 Å². The molecular weight excluding hydrogens is 126 g/mol. The van der Waals surface area contributed by atoms with Crippen LogP contribution < -0.4 is 5.73 Å². The molecule has 0 aromatic carbocycles. The summed E-state index contributed by atoms with van der Waals surface area (Å²) in [5, 5.41) is 8.96. The van der Waals surface area contributed by atoms with Gasteiger partial charge in [-0.25, -0.2) is 0 Å². The van der Waals surface area contributed by atoms with E-state index in [0.717, 1.165) is 19.3 Å². The zero-order valence-corrected chi connectivity index (χ0v) is 7.22. The van der Waals surface area contributed by atoms with Crippen LogP contribution in [0.4, 0.5) is 0 Å². The van der Waals surface area contributed by atoms with Crippen LogP contribution >= 0.6 is 0 Å². The zero-order valence-electron chi connectivity index (χ0n) is 7.22. The Morgan fingerprint density at radius 2 is 2.10 bits per heavy atom. The molecular formula is C8H19NO. The second-order valence-corrected chi connectivity index (χ2v) is 3.40. The second-order valence-electron chi connectivity index (χ2n) is 3.40. The minimum Gasteiger partial charge on any atom is -0.393 e. The van der Waals surface area contributed by atoms with E-state index in [-0.39, 0.29) is 11.6 Å². The van der Waals surface area contributed by atoms with Crippen molar-refractivity contribution in [3.8, 4) is 0 Å². The first kappa shape index (κ1) is 9.92. The van der Waals surface area contributed by atoms with Gasteiger partial charge in [0, 0.05) is 5.54 Å². The van der Waals surface area contributed by atoms with Crippen molar-refractivity contribution in [2.75, 3.05) is 0 Å². The molecule has 2 atom stereocenters. The molecule has 0 radical (unpaired) electrons. The molecule has 0 spiro atoms. The lowest BCUT2D eigenvalue weighted by Gasteiger charge is -2.22. The SMILES string of the molecule is CCC(C)(N)CCC(C)O. The lowest BCUT2D eigenvalue weighted by atomic mass is 9.93. The topological polar surface area (TPSA) is 46.2 Å². The van der Waals surface area contributed by atoms with Gasteiger partial charge in [0.1, 0.15) is 0 Å². The van der Waals surface area contributed by atoms with Crippen LogP contribution in [0.1, 0.15) is 40.0 Å². The third-order valence-corrected chi connectivity index (χ3v) is 1.94. The van der Waals surface area contributed by atoms with Crippen molar-refractivity contribution < 1.29 is 5.11 Å². The van der Waals surface area contributed by atoms with Crippen LogP contribution in [0.5, 0.6) is 0 Å². The molecule has 2 unspecified atom stereocenters. The first-order chi connectivity index (χ1) is 4.48. The van der Waals surface area contributed by atoms with Crippen molar-refractivity contribution in [1.82, 2.24) is 0 Å². The molecule has 0 aromatic heterocycles. The van der Waals surface area contributed by atoms with E-state index in [1.807, 2.05) is 6.92 Å². The molecule has 0 fully saturated rings. The average Bonchev–Trinajstić information content (AvgIpc) is 1.85. The Labute approximate surface area is 63.4 Å². The maximum Gasteiger partial charge on any atom is 0.0512 e. The zero-order chi connectivity index (χ0) is 8.20. The summed E-state index contributed by atoms with van der Waals surface area (Å²) in [5.41, 5.74) is 5.77. The van der Waals surface area contributed by atoms with Crippen molar-refractivity contribution >= 4 is 0 Å². The van der Waals surface area contributed by atoms with E-state index >= 15 is 0 Å². The van der Waals surface area contributed by atoms with Gasteiger partial charge in [-0.2, -0.15) is 0 Å². The van der Waals surface area contributed by atoms with E-state index in [9.17, 15) is 0 Å². The van der Waals surface area contributed by atoms with Crippen LogP contribution in [0.3, 0.4) is 0 Å². The van der Waals surface area contributed by atoms with E-state index in [2.05, 4.69) is 6.92 Å². The van der Waals surface area contributed by atoms with Crippen molar-refractivity contribution in [1.29, 1.82) is 0 Å². The van der Waals surface area contributed by atoms with E-state index in [1.165, 1.54) is 0 Å². The maximum absolute atomic E-state index is 8.96. The van der Waals surface area contributed by atoms with E-state index in [4.69, 9.17) is 10.8 Å². The molecule has 0 bridgehead atoms. The third-order valence-electron chi connectivity index (χ3n) is 1.94. The molecule has 0 saturated heterocycles. The fourth-order valence-corrected chi connectivity index (χ4v) is 0.715. The highest BCUT2D eigenvalue weighted by Gasteiger charge is 2.15. The molecule has 2 heteroatoms. The Morgan fingerprint density at radius 3 is 2.40 bits per heavy atom. The van der Waals surface area contributed by atoms with Crippen LogP contribution in [0.25, 0.3) is 0 Å². The number of nitrogens with two attached hydrogens (primary N) is 1. The van der Waals surface area contributed by atoms with Gasteiger partial charge in [0.15, 0.2) is 0 Å². The predicted molar refractivity (Wildman–Crippen MR) is 43.8 cm³/mol. The van der Waals surface area contributed by atoms with Gasteiger partial charge in [-0.05, 0) is 33.1 Å². The molecule has 62 valence electrons. The van der Waals surface area contributed by atoms with Gasteiger partial charge in [-0.1, -0.05) is 6.92 Å². The first-order valence-corrected chi connectivity index (χ1v) is 3.95. The van der Waals surface area contributed by atoms with Gasteiger partial charge in [0.05, 0.1) is 6.10 Å². The highest BCUT2D eigenvalue weighted by Crippen LogP contribution is 2.13. The van der Waals surface area contributed by atoms with Crippen molar-refractivity contribution in [2.24, 2.45) is 5.73 Å². The summed E-state index contributed by atoms with van der Waals surface area (Å²) in [4.78, 5) is 0. The summed E-state index contributed by atoms with van der Waals surface area (Å²) in [6, 6.07) is 0.